The first-order valence-corrected chi connectivity index (χ1v) is 3.85. The van der Waals surface area contributed by atoms with E-state index in [1.54, 1.807) is 20.8 Å². The Morgan fingerprint density at radius 1 is 1.54 bits per heavy atom. The molecule has 0 aromatic carbocycles. The molecule has 0 aliphatic heterocycles. The third-order valence-corrected chi connectivity index (χ3v) is 1.08. The molecule has 6 nitrogen and oxygen atoms in total. The second-order valence-electron chi connectivity index (χ2n) is 2.71. The number of aromatic nitrogens is 2. The Bertz CT molecular complexity index is 295. The minimum absolute atomic E-state index is 0.0446. The molecule has 0 aliphatic carbocycles. The van der Waals surface area contributed by atoms with E-state index in [2.05, 4.69) is 15.5 Å². The number of hydrogen-bond acceptors (Lipinski definition) is 5. The highest BCUT2D eigenvalue weighted by Crippen LogP contribution is 2.04. The lowest BCUT2D eigenvalue weighted by molar-refractivity contribution is 0.129. The van der Waals surface area contributed by atoms with Gasteiger partial charge in [0, 0.05) is 6.92 Å². The average Bonchev–Trinajstić information content (AvgIpc) is 2.33. The fourth-order valence-corrected chi connectivity index (χ4v) is 0.678. The highest BCUT2D eigenvalue weighted by molar-refractivity contribution is 5.81. The maximum absolute atomic E-state index is 11.0. The van der Waals surface area contributed by atoms with Gasteiger partial charge in [-0.2, -0.15) is 0 Å². The largest absolute Gasteiger partial charge is 0.446 e. The van der Waals surface area contributed by atoms with Gasteiger partial charge in [-0.25, -0.2) is 10.1 Å². The lowest BCUT2D eigenvalue weighted by Gasteiger charge is -2.05. The molecule has 1 rings (SSSR count). The molecule has 13 heavy (non-hydrogen) atoms. The topological polar surface area (TPSA) is 77.2 Å². The van der Waals surface area contributed by atoms with Gasteiger partial charge in [0.05, 0.1) is 6.10 Å². The van der Waals surface area contributed by atoms with Crippen molar-refractivity contribution >= 4 is 12.1 Å². The van der Waals surface area contributed by atoms with E-state index in [1.807, 2.05) is 0 Å². The summed E-state index contributed by atoms with van der Waals surface area (Å²) < 4.78 is 9.69. The monoisotopic (exact) mass is 185 g/mol. The SMILES string of the molecule is Cc1nnc(NC(=O)OC(C)C)o1. The van der Waals surface area contributed by atoms with Crippen molar-refractivity contribution in [3.8, 4) is 0 Å². The lowest BCUT2D eigenvalue weighted by Crippen LogP contribution is -2.18. The average molecular weight is 185 g/mol. The Balaban J connectivity index is 2.45. The Hall–Kier alpha value is -1.59. The first-order valence-electron chi connectivity index (χ1n) is 3.85. The highest BCUT2D eigenvalue weighted by Gasteiger charge is 2.09. The number of ether oxygens (including phenoxy) is 1. The second kappa shape index (κ2) is 3.88. The third kappa shape index (κ3) is 3.10. The fourth-order valence-electron chi connectivity index (χ4n) is 0.678. The van der Waals surface area contributed by atoms with Crippen LogP contribution in [-0.4, -0.2) is 22.4 Å². The predicted molar refractivity (Wildman–Crippen MR) is 44.3 cm³/mol. The van der Waals surface area contributed by atoms with Crippen LogP contribution in [0.4, 0.5) is 10.8 Å². The van der Waals surface area contributed by atoms with Crippen LogP contribution < -0.4 is 5.32 Å². The lowest BCUT2D eigenvalue weighted by atomic mass is 10.5. The number of nitrogens with one attached hydrogen (secondary N) is 1. The standard InChI is InChI=1S/C7H11N3O3/c1-4(2)12-7(11)8-6-10-9-5(3)13-6/h4H,1-3H3,(H,8,10,11). The maximum Gasteiger partial charge on any atom is 0.415 e. The van der Waals surface area contributed by atoms with Gasteiger partial charge in [-0.15, -0.1) is 5.10 Å². The van der Waals surface area contributed by atoms with Crippen LogP contribution in [0.3, 0.4) is 0 Å². The summed E-state index contributed by atoms with van der Waals surface area (Å²) in [5, 5.41) is 9.39. The van der Waals surface area contributed by atoms with Gasteiger partial charge < -0.3 is 9.15 Å². The molecule has 0 saturated carbocycles. The van der Waals surface area contributed by atoms with Crippen molar-refractivity contribution in [2.75, 3.05) is 5.32 Å². The van der Waals surface area contributed by atoms with Crippen LogP contribution in [0.25, 0.3) is 0 Å². The third-order valence-electron chi connectivity index (χ3n) is 1.08. The Kier molecular flexibility index (Phi) is 2.84. The predicted octanol–water partition coefficient (Wildman–Crippen LogP) is 1.33. The number of carbonyl (C=O) groups is 1. The number of aryl methyl sites for hydroxylation is 1. The van der Waals surface area contributed by atoms with Crippen LogP contribution in [0, 0.1) is 6.92 Å². The summed E-state index contributed by atoms with van der Waals surface area (Å²) >= 11 is 0. The Morgan fingerprint density at radius 3 is 2.69 bits per heavy atom. The maximum atomic E-state index is 11.0. The Labute approximate surface area is 75.3 Å². The molecule has 6 heteroatoms. The van der Waals surface area contributed by atoms with Crippen molar-refractivity contribution in [3.63, 3.8) is 0 Å². The summed E-state index contributed by atoms with van der Waals surface area (Å²) in [5.74, 6) is 0.389. The van der Waals surface area contributed by atoms with Gasteiger partial charge in [-0.3, -0.25) is 0 Å². The molecule has 1 aromatic heterocycles. The Morgan fingerprint density at radius 2 is 2.23 bits per heavy atom. The number of amides is 1. The van der Waals surface area contributed by atoms with E-state index < -0.39 is 6.09 Å². The molecule has 0 bridgehead atoms. The van der Waals surface area contributed by atoms with E-state index in [4.69, 9.17) is 9.15 Å². The van der Waals surface area contributed by atoms with Gasteiger partial charge in [-0.05, 0) is 13.8 Å². The summed E-state index contributed by atoms with van der Waals surface area (Å²) in [6, 6.07) is 0.0446. The zero-order chi connectivity index (χ0) is 9.84. The number of anilines is 1. The molecule has 1 heterocycles. The van der Waals surface area contributed by atoms with Gasteiger partial charge in [-0.1, -0.05) is 5.10 Å². The van der Waals surface area contributed by atoms with E-state index in [1.165, 1.54) is 0 Å². The zero-order valence-corrected chi connectivity index (χ0v) is 7.70. The molecule has 0 atom stereocenters. The summed E-state index contributed by atoms with van der Waals surface area (Å²) in [6.07, 6.45) is -0.775. The molecule has 0 aliphatic rings. The molecule has 0 saturated heterocycles. The minimum Gasteiger partial charge on any atom is -0.446 e. The number of hydrogen-bond donors (Lipinski definition) is 1. The number of carbonyl (C=O) groups excluding carboxylic acids is 1. The molecule has 0 spiro atoms. The number of rotatable bonds is 2. The molecule has 0 unspecified atom stereocenters. The van der Waals surface area contributed by atoms with Gasteiger partial charge in [0.15, 0.2) is 0 Å². The smallest absolute Gasteiger partial charge is 0.415 e. The first kappa shape index (κ1) is 9.50. The normalized spacial score (nSPS) is 10.2. The van der Waals surface area contributed by atoms with E-state index >= 15 is 0 Å². The summed E-state index contributed by atoms with van der Waals surface area (Å²) in [4.78, 5) is 11.0. The zero-order valence-electron chi connectivity index (χ0n) is 7.70. The van der Waals surface area contributed by atoms with Crippen molar-refractivity contribution in [1.82, 2.24) is 10.2 Å². The van der Waals surface area contributed by atoms with E-state index in [9.17, 15) is 4.79 Å². The molecule has 0 fully saturated rings. The van der Waals surface area contributed by atoms with Crippen molar-refractivity contribution in [1.29, 1.82) is 0 Å². The van der Waals surface area contributed by atoms with Crippen LogP contribution in [0.2, 0.25) is 0 Å². The van der Waals surface area contributed by atoms with Crippen LogP contribution >= 0.6 is 0 Å². The fraction of sp³-hybridized carbons (Fsp3) is 0.571. The minimum atomic E-state index is -0.598. The molecule has 1 amide bonds. The van der Waals surface area contributed by atoms with Crippen LogP contribution in [0.15, 0.2) is 4.42 Å². The summed E-state index contributed by atoms with van der Waals surface area (Å²) in [6.45, 7) is 5.13. The van der Waals surface area contributed by atoms with E-state index in [0.717, 1.165) is 0 Å². The van der Waals surface area contributed by atoms with Crippen molar-refractivity contribution in [2.45, 2.75) is 26.9 Å². The molecule has 1 N–H and O–H groups in total. The van der Waals surface area contributed by atoms with Gasteiger partial charge in [0.25, 0.3) is 0 Å². The highest BCUT2D eigenvalue weighted by atomic mass is 16.6. The van der Waals surface area contributed by atoms with Crippen LogP contribution in [0.1, 0.15) is 19.7 Å². The second-order valence-corrected chi connectivity index (χ2v) is 2.71. The quantitative estimate of drug-likeness (QED) is 0.752. The molecular formula is C7H11N3O3. The van der Waals surface area contributed by atoms with Gasteiger partial charge >= 0.3 is 12.1 Å². The van der Waals surface area contributed by atoms with Gasteiger partial charge in [0.1, 0.15) is 0 Å². The molecule has 0 radical (unpaired) electrons. The van der Waals surface area contributed by atoms with Crippen LogP contribution in [-0.2, 0) is 4.74 Å². The number of nitrogens with zero attached hydrogens (tertiary/aromatic N) is 2. The van der Waals surface area contributed by atoms with Crippen molar-refractivity contribution in [2.24, 2.45) is 0 Å². The molecule has 72 valence electrons. The van der Waals surface area contributed by atoms with Crippen LogP contribution in [0.5, 0.6) is 0 Å². The van der Waals surface area contributed by atoms with Crippen molar-refractivity contribution < 1.29 is 13.9 Å². The van der Waals surface area contributed by atoms with Crippen molar-refractivity contribution in [3.05, 3.63) is 5.89 Å². The molecular weight excluding hydrogens is 174 g/mol. The van der Waals surface area contributed by atoms with E-state index in [0.29, 0.717) is 5.89 Å². The first-order chi connectivity index (χ1) is 6.08. The molecule has 1 aromatic rings. The van der Waals surface area contributed by atoms with Gasteiger partial charge in [0.2, 0.25) is 5.89 Å². The van der Waals surface area contributed by atoms with E-state index in [-0.39, 0.29) is 12.1 Å². The summed E-state index contributed by atoms with van der Waals surface area (Å²) in [5.41, 5.74) is 0. The summed E-state index contributed by atoms with van der Waals surface area (Å²) in [7, 11) is 0.